The highest BCUT2D eigenvalue weighted by Gasteiger charge is 2.41. The average Bonchev–Trinajstić information content (AvgIpc) is 2.57. The molecule has 0 fully saturated rings. The molecule has 10 heteroatoms. The molecule has 0 unspecified atom stereocenters. The Kier molecular flexibility index (Phi) is 7.82. The molecule has 0 aliphatic carbocycles. The van der Waals surface area contributed by atoms with Crippen LogP contribution in [0, 0.1) is 23.5 Å². The molecule has 0 radical (unpaired) electrons. The number of nitrogens with two attached hydrogens (primary N) is 1. The molecule has 0 heterocycles. The van der Waals surface area contributed by atoms with Gasteiger partial charge in [-0.3, -0.25) is 19.2 Å². The van der Waals surface area contributed by atoms with E-state index in [9.17, 15) is 28.0 Å². The molecule has 0 aliphatic rings. The normalized spacial score (nSPS) is 12.8. The first-order valence-electron chi connectivity index (χ1n) is 7.80. The summed E-state index contributed by atoms with van der Waals surface area (Å²) < 4.78 is 35.5. The zero-order valence-corrected chi connectivity index (χ0v) is 15.0. The number of carbonyl (C=O) groups is 4. The lowest BCUT2D eigenvalue weighted by molar-refractivity contribution is -0.162. The molecule has 1 rings (SSSR count). The van der Waals surface area contributed by atoms with Gasteiger partial charge in [0.25, 0.3) is 0 Å². The summed E-state index contributed by atoms with van der Waals surface area (Å²) in [5.74, 6) is -8.09. The maximum absolute atomic E-state index is 13.2. The number of amides is 2. The van der Waals surface area contributed by atoms with Gasteiger partial charge in [-0.1, -0.05) is 6.92 Å². The summed E-state index contributed by atoms with van der Waals surface area (Å²) in [4.78, 5) is 47.6. The molecule has 148 valence electrons. The minimum absolute atomic E-state index is 0.0263. The van der Waals surface area contributed by atoms with Crippen molar-refractivity contribution < 1.29 is 37.4 Å². The van der Waals surface area contributed by atoms with Crippen LogP contribution in [0.4, 0.5) is 8.78 Å². The second-order valence-corrected chi connectivity index (χ2v) is 5.79. The fraction of sp³-hybridized carbons (Fsp3) is 0.412. The van der Waals surface area contributed by atoms with Crippen LogP contribution in [0.1, 0.15) is 12.5 Å². The predicted octanol–water partition coefficient (Wildman–Crippen LogP) is 0.0757. The third-order valence-electron chi connectivity index (χ3n) is 3.87. The number of ether oxygens (including phenoxy) is 2. The van der Waals surface area contributed by atoms with E-state index < -0.39 is 59.7 Å². The van der Waals surface area contributed by atoms with Crippen LogP contribution < -0.4 is 11.1 Å². The van der Waals surface area contributed by atoms with E-state index in [4.69, 9.17) is 5.73 Å². The van der Waals surface area contributed by atoms with Gasteiger partial charge in [0.05, 0.1) is 20.6 Å². The summed E-state index contributed by atoms with van der Waals surface area (Å²) in [6.07, 6.45) is -0.452. The first-order valence-corrected chi connectivity index (χ1v) is 7.80. The highest BCUT2D eigenvalue weighted by atomic mass is 19.1. The number of primary amides is 1. The maximum Gasteiger partial charge on any atom is 0.320 e. The molecule has 0 aromatic heterocycles. The van der Waals surface area contributed by atoms with Gasteiger partial charge in [-0.05, 0) is 17.7 Å². The molecule has 2 amide bonds. The topological polar surface area (TPSA) is 125 Å². The number of hydrogen-bond donors (Lipinski definition) is 2. The van der Waals surface area contributed by atoms with Crippen LogP contribution in [0.15, 0.2) is 18.2 Å². The van der Waals surface area contributed by atoms with E-state index in [0.717, 1.165) is 26.4 Å². The van der Waals surface area contributed by atoms with Crippen LogP contribution >= 0.6 is 0 Å². The van der Waals surface area contributed by atoms with E-state index in [0.29, 0.717) is 6.07 Å². The number of rotatable bonds is 8. The Morgan fingerprint density at radius 3 is 1.93 bits per heavy atom. The molecule has 3 N–H and O–H groups in total. The van der Waals surface area contributed by atoms with Crippen LogP contribution in [-0.2, 0) is 35.1 Å². The van der Waals surface area contributed by atoms with Gasteiger partial charge < -0.3 is 20.5 Å². The summed E-state index contributed by atoms with van der Waals surface area (Å²) in [6.45, 7) is 1.33. The summed E-state index contributed by atoms with van der Waals surface area (Å²) in [7, 11) is 2.09. The second-order valence-electron chi connectivity index (χ2n) is 5.79. The first kappa shape index (κ1) is 22.0. The monoisotopic (exact) mass is 386 g/mol. The number of halogens is 2. The summed E-state index contributed by atoms with van der Waals surface area (Å²) in [5.41, 5.74) is 5.30. The van der Waals surface area contributed by atoms with Crippen molar-refractivity contribution in [3.05, 3.63) is 35.4 Å². The number of carbonyl (C=O) groups excluding carboxylic acids is 4. The van der Waals surface area contributed by atoms with Gasteiger partial charge in [0.15, 0.2) is 5.92 Å². The van der Waals surface area contributed by atoms with Gasteiger partial charge in [-0.25, -0.2) is 8.78 Å². The van der Waals surface area contributed by atoms with E-state index >= 15 is 0 Å². The predicted molar refractivity (Wildman–Crippen MR) is 87.9 cm³/mol. The van der Waals surface area contributed by atoms with E-state index in [1.807, 2.05) is 0 Å². The van der Waals surface area contributed by atoms with Gasteiger partial charge in [0.1, 0.15) is 17.7 Å². The Bertz CT molecular complexity index is 704. The van der Waals surface area contributed by atoms with Gasteiger partial charge >= 0.3 is 11.9 Å². The van der Waals surface area contributed by atoms with Crippen molar-refractivity contribution in [2.24, 2.45) is 17.6 Å². The molecule has 0 bridgehead atoms. The van der Waals surface area contributed by atoms with Gasteiger partial charge in [0, 0.05) is 12.0 Å². The van der Waals surface area contributed by atoms with E-state index in [2.05, 4.69) is 14.8 Å². The Hall–Kier alpha value is -3.04. The number of hydrogen-bond acceptors (Lipinski definition) is 6. The van der Waals surface area contributed by atoms with E-state index in [1.165, 1.54) is 6.92 Å². The smallest absolute Gasteiger partial charge is 0.320 e. The summed E-state index contributed by atoms with van der Waals surface area (Å²) >= 11 is 0. The first-order chi connectivity index (χ1) is 12.6. The molecule has 2 atom stereocenters. The minimum Gasteiger partial charge on any atom is -0.468 e. The molecule has 0 saturated carbocycles. The zero-order chi connectivity index (χ0) is 20.7. The average molecular weight is 386 g/mol. The number of esters is 2. The van der Waals surface area contributed by atoms with Crippen LogP contribution in [0.25, 0.3) is 0 Å². The van der Waals surface area contributed by atoms with Gasteiger partial charge in [0.2, 0.25) is 11.8 Å². The Morgan fingerprint density at radius 2 is 1.52 bits per heavy atom. The highest BCUT2D eigenvalue weighted by molar-refractivity contribution is 5.97. The van der Waals surface area contributed by atoms with Crippen molar-refractivity contribution in [1.82, 2.24) is 5.32 Å². The zero-order valence-electron chi connectivity index (χ0n) is 15.0. The molecule has 1 aromatic carbocycles. The van der Waals surface area contributed by atoms with Crippen LogP contribution in [0.3, 0.4) is 0 Å². The minimum atomic E-state index is -1.51. The van der Waals surface area contributed by atoms with Crippen molar-refractivity contribution in [2.45, 2.75) is 19.4 Å². The van der Waals surface area contributed by atoms with Crippen molar-refractivity contribution in [1.29, 1.82) is 0 Å². The van der Waals surface area contributed by atoms with E-state index in [-0.39, 0.29) is 5.56 Å². The quantitative estimate of drug-likeness (QED) is 0.481. The largest absolute Gasteiger partial charge is 0.468 e. The molecule has 0 spiro atoms. The Labute approximate surface area is 154 Å². The summed E-state index contributed by atoms with van der Waals surface area (Å²) in [6, 6.07) is 1.13. The SMILES string of the molecule is COC(=O)C(C(=O)OC)[C@@H](C)[C@@H](NC(=O)Cc1cc(F)cc(F)c1)C(N)=O. The van der Waals surface area contributed by atoms with Gasteiger partial charge in [-0.2, -0.15) is 0 Å². The molecule has 8 nitrogen and oxygen atoms in total. The Morgan fingerprint density at radius 1 is 1.04 bits per heavy atom. The summed E-state index contributed by atoms with van der Waals surface area (Å²) in [5, 5.41) is 2.27. The van der Waals surface area contributed by atoms with Crippen LogP contribution in [0.2, 0.25) is 0 Å². The van der Waals surface area contributed by atoms with Crippen molar-refractivity contribution in [3.63, 3.8) is 0 Å². The van der Waals surface area contributed by atoms with Crippen LogP contribution in [0.5, 0.6) is 0 Å². The molecule has 0 aliphatic heterocycles. The lowest BCUT2D eigenvalue weighted by Crippen LogP contribution is -2.53. The molecule has 0 saturated heterocycles. The number of methoxy groups -OCH3 is 2. The fourth-order valence-corrected chi connectivity index (χ4v) is 2.56. The second kappa shape index (κ2) is 9.60. The lowest BCUT2D eigenvalue weighted by Gasteiger charge is -2.26. The standard InChI is InChI=1S/C17H20F2N2O6/c1-8(13(16(24)26-2)17(25)27-3)14(15(20)23)21-12(22)6-9-4-10(18)7-11(19)5-9/h4-5,7-8,13-14H,6H2,1-3H3,(H2,20,23)(H,21,22)/t8-,14-/m1/s1. The third kappa shape index (κ3) is 6.01. The van der Waals surface area contributed by atoms with Crippen molar-refractivity contribution in [3.8, 4) is 0 Å². The molecular formula is C17H20F2N2O6. The third-order valence-corrected chi connectivity index (χ3v) is 3.87. The van der Waals surface area contributed by atoms with E-state index in [1.54, 1.807) is 0 Å². The molecular weight excluding hydrogens is 366 g/mol. The molecule has 27 heavy (non-hydrogen) atoms. The van der Waals surface area contributed by atoms with Crippen LogP contribution in [-0.4, -0.2) is 44.0 Å². The lowest BCUT2D eigenvalue weighted by atomic mass is 9.86. The van der Waals surface area contributed by atoms with Crippen molar-refractivity contribution in [2.75, 3.05) is 14.2 Å². The Balaban J connectivity index is 2.99. The van der Waals surface area contributed by atoms with Crippen molar-refractivity contribution >= 4 is 23.8 Å². The number of nitrogens with one attached hydrogen (secondary N) is 1. The maximum atomic E-state index is 13.2. The number of benzene rings is 1. The molecule has 1 aromatic rings. The highest BCUT2D eigenvalue weighted by Crippen LogP contribution is 2.20. The fourth-order valence-electron chi connectivity index (χ4n) is 2.56. The van der Waals surface area contributed by atoms with Gasteiger partial charge in [-0.15, -0.1) is 0 Å².